The number of urea groups is 1. The minimum absolute atomic E-state index is 0.0373. The number of carbonyl (C=O) groups is 3. The van der Waals surface area contributed by atoms with Gasteiger partial charge in [-0.1, -0.05) is 30.3 Å². The third-order valence-electron chi connectivity index (χ3n) is 16.0. The molecule has 8 aromatic heterocycles. The van der Waals surface area contributed by atoms with Gasteiger partial charge in [0.1, 0.15) is 60.2 Å². The number of aromatic nitrogens is 15. The number of nitrogens with zero attached hydrogens (tertiary/aromatic N) is 18. The molecule has 1 aliphatic carbocycles. The van der Waals surface area contributed by atoms with Crippen molar-refractivity contribution in [2.24, 2.45) is 0 Å². The molecule has 4 amide bonds. The lowest BCUT2D eigenvalue weighted by Gasteiger charge is -2.24. The number of anilines is 1. The Hall–Kier alpha value is -11.0. The molecule has 11 heterocycles. The topological polar surface area (TPSA) is 305 Å². The number of terminal acetylenes is 1. The monoisotopic (exact) mass is 1320 g/mol. The number of hydrogen-bond donors (Lipinski definition) is 2. The van der Waals surface area contributed by atoms with Crippen molar-refractivity contribution in [1.82, 2.24) is 93.0 Å². The van der Waals surface area contributed by atoms with Crippen LogP contribution in [0.1, 0.15) is 88.4 Å². The molecule has 1 unspecified atom stereocenters. The highest BCUT2D eigenvalue weighted by atomic mass is 32.1. The number of aryl methyl sites for hydroxylation is 1. The van der Waals surface area contributed by atoms with E-state index in [0.29, 0.717) is 80.3 Å². The van der Waals surface area contributed by atoms with Crippen LogP contribution in [-0.2, 0) is 29.6 Å². The molecule has 2 N–H and O–H groups in total. The van der Waals surface area contributed by atoms with Crippen LogP contribution in [0.25, 0.3) is 28.8 Å². The molecule has 30 heteroatoms. The Labute approximate surface area is 552 Å². The van der Waals surface area contributed by atoms with E-state index in [-0.39, 0.29) is 36.5 Å². The second-order valence-corrected chi connectivity index (χ2v) is 24.0. The molecule has 3 aromatic carbocycles. The van der Waals surface area contributed by atoms with Gasteiger partial charge < -0.3 is 43.8 Å². The molecule has 95 heavy (non-hydrogen) atoms. The summed E-state index contributed by atoms with van der Waals surface area (Å²) >= 11 is 2.44. The highest BCUT2D eigenvalue weighted by Gasteiger charge is 2.54. The lowest BCUT2D eigenvalue weighted by molar-refractivity contribution is -0.123. The second kappa shape index (κ2) is 29.3. The Morgan fingerprint density at radius 1 is 0.726 bits per heavy atom. The minimum Gasteiger partial charge on any atom is -0.486 e. The number of rotatable bonds is 21. The maximum Gasteiger partial charge on any atom is 0.318 e. The number of pyridine rings is 1. The van der Waals surface area contributed by atoms with E-state index >= 15 is 0 Å². The van der Waals surface area contributed by atoms with Crippen LogP contribution in [0.4, 0.5) is 9.93 Å². The molecule has 0 spiro atoms. The smallest absolute Gasteiger partial charge is 0.318 e. The zero-order valence-electron chi connectivity index (χ0n) is 51.6. The third-order valence-corrected chi connectivity index (χ3v) is 17.6. The number of carbonyl (C=O) groups excluding carboxylic acids is 3. The van der Waals surface area contributed by atoms with Gasteiger partial charge >= 0.3 is 6.03 Å². The second-order valence-electron chi connectivity index (χ2n) is 22.5. The van der Waals surface area contributed by atoms with Crippen molar-refractivity contribution in [3.8, 4) is 53.2 Å². The van der Waals surface area contributed by atoms with Crippen molar-refractivity contribution in [2.75, 3.05) is 64.7 Å². The van der Waals surface area contributed by atoms with E-state index in [1.54, 1.807) is 93.4 Å². The molecule has 28 nitrogen and oxygen atoms in total. The van der Waals surface area contributed by atoms with Crippen LogP contribution in [0, 0.1) is 12.3 Å². The van der Waals surface area contributed by atoms with Crippen LogP contribution in [0.2, 0.25) is 0 Å². The molecule has 484 valence electrons. The van der Waals surface area contributed by atoms with Crippen molar-refractivity contribution in [3.63, 3.8) is 0 Å². The fourth-order valence-electron chi connectivity index (χ4n) is 11.0. The molecule has 2 fully saturated rings. The lowest BCUT2D eigenvalue weighted by atomic mass is 10.1. The Kier molecular flexibility index (Phi) is 19.3. The van der Waals surface area contributed by atoms with Crippen molar-refractivity contribution in [3.05, 3.63) is 180 Å². The van der Waals surface area contributed by atoms with Gasteiger partial charge in [0.2, 0.25) is 35.6 Å². The number of nitrogens with one attached hydrogen (secondary N) is 2. The van der Waals surface area contributed by atoms with Crippen LogP contribution in [-0.4, -0.2) is 160 Å². The number of furan rings is 1. The van der Waals surface area contributed by atoms with Crippen LogP contribution < -0.4 is 34.5 Å². The van der Waals surface area contributed by atoms with Crippen LogP contribution in [0.15, 0.2) is 146 Å². The summed E-state index contributed by atoms with van der Waals surface area (Å²) in [5.41, 5.74) is 4.16. The summed E-state index contributed by atoms with van der Waals surface area (Å²) in [6, 6.07) is 24.9. The van der Waals surface area contributed by atoms with Gasteiger partial charge in [-0.3, -0.25) is 28.6 Å². The Bertz CT molecular complexity index is 4440. The molecular formula is C65H64N20O8S2. The van der Waals surface area contributed by atoms with Gasteiger partial charge in [-0.15, -0.1) is 6.42 Å². The van der Waals surface area contributed by atoms with E-state index in [2.05, 4.69) is 105 Å². The predicted octanol–water partition coefficient (Wildman–Crippen LogP) is 7.56. The van der Waals surface area contributed by atoms with Gasteiger partial charge in [-0.05, 0) is 148 Å². The lowest BCUT2D eigenvalue weighted by Crippen LogP contribution is -2.40. The first-order valence-electron chi connectivity index (χ1n) is 30.8. The number of ether oxygens (including phenoxy) is 4. The first-order valence-corrected chi connectivity index (χ1v) is 32.4. The fraction of sp³-hybridized carbons (Fsp3) is 0.308. The predicted molar refractivity (Wildman–Crippen MR) is 348 cm³/mol. The van der Waals surface area contributed by atoms with Gasteiger partial charge in [0.15, 0.2) is 28.8 Å². The molecule has 4 aliphatic rings. The zero-order valence-corrected chi connectivity index (χ0v) is 53.2. The average Bonchev–Trinajstić information content (AvgIpc) is 1.61. The SMILES string of the molecule is C#Cc1nc(C2CCCN2C(=O)NCCc2ccc3c(c2)OCCO3)nc(-n2ccnc2)n1.CN(CCCN(C(=O)c1ccccn1)c1nc(-n2ccnc2)ns1)Cc1ccc2c(c1)OCO2.O=C(NCCCc1ccc2ccoc2c1)C1(c2nc(-n3cncn3)ns2)CC1. The number of hydrogen-bond acceptors (Lipinski definition) is 23. The molecule has 15 rings (SSSR count). The fourth-order valence-corrected chi connectivity index (χ4v) is 12.5. The van der Waals surface area contributed by atoms with Crippen LogP contribution >= 0.6 is 23.1 Å². The number of likely N-dealkylation sites (tertiary alicyclic amines) is 1. The standard InChI is InChI=1S/C23H23N7O3S.C23H23N7O3.C19H18N6O2S/c1-28(14-17-6-7-19-20(13-17)33-16-32-19)10-4-11-30(21(31)18-5-2-3-8-25-18)23-26-22(27-34-23)29-12-9-24-15-29;1-2-20-26-21(28-22(27-20)29-11-9-24-15-29)17-4-3-10-30(17)23(31)25-8-7-16-5-6-18-19(14-16)33-13-12-32-18;26-16(21-8-1-2-13-3-4-14-5-9-27-15(14)10-13)19(6-7-19)17-23-18(24-28-17)25-12-20-11-22-25/h2-3,5-9,12-13,15H,4,10-11,14,16H2,1H3;1,5-6,9,11,14-15,17H,3-4,7-8,10,12-13H2,(H,25,31);3-5,9-12H,1-2,6-8H2,(H,21,26). The zero-order chi connectivity index (χ0) is 64.9. The Morgan fingerprint density at radius 3 is 2.28 bits per heavy atom. The first kappa shape index (κ1) is 62.8. The van der Waals surface area contributed by atoms with E-state index in [1.807, 2.05) is 42.5 Å². The van der Waals surface area contributed by atoms with Crippen molar-refractivity contribution < 1.29 is 37.7 Å². The molecule has 0 radical (unpaired) electrons. The summed E-state index contributed by atoms with van der Waals surface area (Å²) < 4.78 is 41.1. The number of fused-ring (bicyclic) bond motifs is 3. The number of imidazole rings is 2. The highest BCUT2D eigenvalue weighted by molar-refractivity contribution is 7.10. The van der Waals surface area contributed by atoms with Crippen molar-refractivity contribution in [2.45, 2.75) is 69.4 Å². The summed E-state index contributed by atoms with van der Waals surface area (Å²) in [5, 5.41) is 12.5. The van der Waals surface area contributed by atoms with Gasteiger partial charge in [-0.2, -0.15) is 33.5 Å². The normalized spacial score (nSPS) is 14.7. The third kappa shape index (κ3) is 15.1. The molecule has 11 aromatic rings. The van der Waals surface area contributed by atoms with Gasteiger partial charge in [0, 0.05) is 80.6 Å². The molecule has 1 atom stereocenters. The van der Waals surface area contributed by atoms with E-state index in [1.165, 1.54) is 39.6 Å². The van der Waals surface area contributed by atoms with Crippen molar-refractivity contribution in [1.29, 1.82) is 0 Å². The maximum absolute atomic E-state index is 13.3. The average molecular weight is 1320 g/mol. The maximum atomic E-state index is 13.3. The van der Waals surface area contributed by atoms with Crippen molar-refractivity contribution >= 4 is 57.0 Å². The van der Waals surface area contributed by atoms with Gasteiger partial charge in [0.05, 0.1) is 12.3 Å². The summed E-state index contributed by atoms with van der Waals surface area (Å²) in [7, 11) is 2.05. The summed E-state index contributed by atoms with van der Waals surface area (Å²) in [5.74, 6) is 7.43. The van der Waals surface area contributed by atoms with E-state index in [9.17, 15) is 14.4 Å². The number of amides is 4. The van der Waals surface area contributed by atoms with Crippen LogP contribution in [0.3, 0.4) is 0 Å². The summed E-state index contributed by atoms with van der Waals surface area (Å²) in [6.45, 7) is 5.15. The van der Waals surface area contributed by atoms with E-state index in [0.717, 1.165) is 108 Å². The largest absolute Gasteiger partial charge is 0.486 e. The molecule has 3 aliphatic heterocycles. The first-order chi connectivity index (χ1) is 46.6. The molecule has 0 bridgehead atoms. The van der Waals surface area contributed by atoms with Crippen LogP contribution in [0.5, 0.6) is 23.0 Å². The number of benzene rings is 3. The van der Waals surface area contributed by atoms with Gasteiger partial charge in [-0.25, -0.2) is 29.7 Å². The van der Waals surface area contributed by atoms with E-state index < -0.39 is 5.41 Å². The summed E-state index contributed by atoms with van der Waals surface area (Å²) in [4.78, 5) is 83.1. The Morgan fingerprint density at radius 2 is 1.49 bits per heavy atom. The molecule has 1 saturated heterocycles. The highest BCUT2D eigenvalue weighted by Crippen LogP contribution is 2.49. The quantitative estimate of drug-likeness (QED) is 0.0518. The summed E-state index contributed by atoms with van der Waals surface area (Å²) in [6.07, 6.45) is 28.3. The minimum atomic E-state index is -0.524. The molecular weight excluding hydrogens is 1250 g/mol. The molecule has 1 saturated carbocycles. The Balaban J connectivity index is 0.000000130. The van der Waals surface area contributed by atoms with Gasteiger partial charge in [0.25, 0.3) is 11.9 Å². The van der Waals surface area contributed by atoms with E-state index in [4.69, 9.17) is 29.8 Å².